The molecule has 0 radical (unpaired) electrons. The molecule has 0 aromatic heterocycles. The quantitative estimate of drug-likeness (QED) is 0.492. The van der Waals surface area contributed by atoms with E-state index in [0.717, 1.165) is 5.56 Å². The molecule has 0 aliphatic rings. The lowest BCUT2D eigenvalue weighted by Gasteiger charge is -2.02. The van der Waals surface area contributed by atoms with Crippen molar-refractivity contribution in [2.75, 3.05) is 11.5 Å². The summed E-state index contributed by atoms with van der Waals surface area (Å²) in [5.41, 5.74) is 1.39. The molecule has 2 nitrogen and oxygen atoms in total. The number of carbonyl (C=O) groups excluding carboxylic acids is 1. The van der Waals surface area contributed by atoms with Gasteiger partial charge in [-0.2, -0.15) is 0 Å². The maximum Gasteiger partial charge on any atom is 0.212 e. The predicted octanol–water partition coefficient (Wildman–Crippen LogP) is 3.40. The van der Waals surface area contributed by atoms with Crippen molar-refractivity contribution in [2.24, 2.45) is 0 Å². The summed E-state index contributed by atoms with van der Waals surface area (Å²) in [6.45, 7) is 1.81. The van der Waals surface area contributed by atoms with Gasteiger partial charge in [0.15, 0.2) is 20.9 Å². The molecule has 3 heteroatoms. The van der Waals surface area contributed by atoms with Gasteiger partial charge in [0.25, 0.3) is 0 Å². The van der Waals surface area contributed by atoms with E-state index >= 15 is 0 Å². The summed E-state index contributed by atoms with van der Waals surface area (Å²) >= 11 is 0. The summed E-state index contributed by atoms with van der Waals surface area (Å²) in [7, 11) is -2.48. The molecule has 0 aliphatic carbocycles. The molecule has 0 heterocycles. The average Bonchev–Trinajstić information content (AvgIpc) is 2.55. The van der Waals surface area contributed by atoms with Gasteiger partial charge in [0, 0.05) is 11.1 Å². The van der Waals surface area contributed by atoms with Crippen molar-refractivity contribution >= 4 is 15.7 Å². The lowest BCUT2D eigenvalue weighted by Crippen LogP contribution is -2.23. The van der Waals surface area contributed by atoms with E-state index in [2.05, 4.69) is 11.2 Å². The van der Waals surface area contributed by atoms with Crippen molar-refractivity contribution in [1.29, 1.82) is 0 Å². The number of ketones is 1. The molecule has 0 amide bonds. The molecule has 21 heavy (non-hydrogen) atoms. The Balaban J connectivity index is 2.17. The third kappa shape index (κ3) is 4.40. The van der Waals surface area contributed by atoms with E-state index in [1.807, 2.05) is 36.4 Å². The van der Waals surface area contributed by atoms with Crippen LogP contribution in [-0.4, -0.2) is 17.3 Å². The van der Waals surface area contributed by atoms with E-state index < -0.39 is 9.93 Å². The third-order valence-corrected chi connectivity index (χ3v) is 5.22. The van der Waals surface area contributed by atoms with Crippen LogP contribution < -0.4 is 0 Å². The zero-order chi connectivity index (χ0) is 15.1. The second kappa shape index (κ2) is 7.01. The molecule has 1 atom stereocenters. The standard InChI is InChI=1S/C18H17O2S/c1-2-21(20,14-13-16-9-5-3-6-10-16)15-18(19)17-11-7-4-8-12-17/h3-12H,2,15H2,1H3/q+1. The molecule has 0 bridgehead atoms. The topological polar surface area (TPSA) is 34.1 Å². The number of Topliss-reactive ketones (excluding diaryl/α,β-unsaturated/α-hetero) is 1. The van der Waals surface area contributed by atoms with Crippen molar-refractivity contribution in [1.82, 2.24) is 0 Å². The SMILES string of the molecule is CC[S+](=O)(C#Cc1ccccc1)CC(=O)c1ccccc1. The molecule has 1 unspecified atom stereocenters. The summed E-state index contributed by atoms with van der Waals surface area (Å²) in [6, 6.07) is 18.3. The Morgan fingerprint density at radius 1 is 1.00 bits per heavy atom. The monoisotopic (exact) mass is 297 g/mol. The van der Waals surface area contributed by atoms with Gasteiger partial charge in [0.2, 0.25) is 5.78 Å². The normalized spacial score (nSPS) is 12.8. The zero-order valence-corrected chi connectivity index (χ0v) is 12.7. The third-order valence-electron chi connectivity index (χ3n) is 3.08. The van der Waals surface area contributed by atoms with Crippen LogP contribution in [0.15, 0.2) is 60.7 Å². The van der Waals surface area contributed by atoms with Crippen LogP contribution in [0.2, 0.25) is 0 Å². The van der Waals surface area contributed by atoms with Gasteiger partial charge in [-0.25, -0.2) is 0 Å². The van der Waals surface area contributed by atoms with Crippen molar-refractivity contribution in [3.63, 3.8) is 0 Å². The minimum atomic E-state index is -2.48. The molecular formula is C18H17O2S+. The fraction of sp³-hybridized carbons (Fsp3) is 0.167. The zero-order valence-electron chi connectivity index (χ0n) is 11.9. The molecule has 0 saturated heterocycles. The van der Waals surface area contributed by atoms with Crippen LogP contribution in [0.5, 0.6) is 0 Å². The Hall–Kier alpha value is -2.18. The Morgan fingerprint density at radius 2 is 1.57 bits per heavy atom. The average molecular weight is 297 g/mol. The molecule has 0 saturated carbocycles. The molecule has 0 fully saturated rings. The number of hydrogen-bond donors (Lipinski definition) is 0. The lowest BCUT2D eigenvalue weighted by molar-refractivity contribution is 0.102. The van der Waals surface area contributed by atoms with Gasteiger partial charge in [-0.15, -0.1) is 0 Å². The first-order valence-electron chi connectivity index (χ1n) is 6.78. The maximum absolute atomic E-state index is 12.7. The molecule has 106 valence electrons. The minimum absolute atomic E-state index is 0.0205. The molecule has 2 aromatic rings. The summed E-state index contributed by atoms with van der Waals surface area (Å²) in [6.07, 6.45) is 0. The number of carbonyl (C=O) groups is 1. The number of benzene rings is 2. The Morgan fingerprint density at radius 3 is 2.14 bits per heavy atom. The van der Waals surface area contributed by atoms with Crippen molar-refractivity contribution in [2.45, 2.75) is 6.92 Å². The fourth-order valence-corrected chi connectivity index (χ4v) is 3.12. The Kier molecular flexibility index (Phi) is 5.08. The van der Waals surface area contributed by atoms with E-state index in [9.17, 15) is 9.00 Å². The minimum Gasteiger partial charge on any atom is -0.289 e. The van der Waals surface area contributed by atoms with Gasteiger partial charge < -0.3 is 0 Å². The van der Waals surface area contributed by atoms with Gasteiger partial charge in [-0.1, -0.05) is 52.7 Å². The van der Waals surface area contributed by atoms with Crippen molar-refractivity contribution < 1.29 is 9.00 Å². The highest BCUT2D eigenvalue weighted by molar-refractivity contribution is 8.07. The van der Waals surface area contributed by atoms with Crippen molar-refractivity contribution in [3.8, 4) is 11.2 Å². The van der Waals surface area contributed by atoms with E-state index in [4.69, 9.17) is 0 Å². The summed E-state index contributed by atoms with van der Waals surface area (Å²) in [4.78, 5) is 12.2. The van der Waals surface area contributed by atoms with Gasteiger partial charge in [0.05, 0.1) is 0 Å². The van der Waals surface area contributed by atoms with E-state index in [1.54, 1.807) is 31.2 Å². The van der Waals surface area contributed by atoms with Gasteiger partial charge in [-0.3, -0.25) is 4.79 Å². The van der Waals surface area contributed by atoms with Crippen LogP contribution in [0, 0.1) is 11.2 Å². The smallest absolute Gasteiger partial charge is 0.212 e. The molecule has 0 spiro atoms. The Labute approximate surface area is 126 Å². The molecule has 0 aliphatic heterocycles. The lowest BCUT2D eigenvalue weighted by atomic mass is 10.2. The summed E-state index contributed by atoms with van der Waals surface area (Å²) in [5, 5.41) is 2.82. The maximum atomic E-state index is 12.7. The number of hydrogen-bond acceptors (Lipinski definition) is 2. The van der Waals surface area contributed by atoms with Crippen molar-refractivity contribution in [3.05, 3.63) is 71.8 Å². The fourth-order valence-electron chi connectivity index (χ4n) is 1.80. The summed E-state index contributed by atoms with van der Waals surface area (Å²) < 4.78 is 12.7. The molecule has 0 N–H and O–H groups in total. The highest BCUT2D eigenvalue weighted by Gasteiger charge is 2.28. The van der Waals surface area contributed by atoms with Gasteiger partial charge in [-0.05, 0) is 25.0 Å². The number of rotatable bonds is 4. The molecule has 2 aromatic carbocycles. The van der Waals surface area contributed by atoms with E-state index in [-0.39, 0.29) is 11.5 Å². The highest BCUT2D eigenvalue weighted by atomic mass is 32.2. The molecular weight excluding hydrogens is 280 g/mol. The second-order valence-corrected chi connectivity index (χ2v) is 7.32. The Bertz CT molecular complexity index is 709. The largest absolute Gasteiger partial charge is 0.289 e. The van der Waals surface area contributed by atoms with Crippen LogP contribution in [0.1, 0.15) is 22.8 Å². The van der Waals surface area contributed by atoms with Crippen LogP contribution >= 0.6 is 0 Å². The van der Waals surface area contributed by atoms with Crippen LogP contribution in [0.4, 0.5) is 0 Å². The second-order valence-electron chi connectivity index (χ2n) is 4.63. The predicted molar refractivity (Wildman–Crippen MR) is 87.6 cm³/mol. The first-order valence-corrected chi connectivity index (χ1v) is 8.68. The first kappa shape index (κ1) is 15.2. The van der Waals surface area contributed by atoms with E-state index in [1.165, 1.54) is 0 Å². The highest BCUT2D eigenvalue weighted by Crippen LogP contribution is 2.10. The van der Waals surface area contributed by atoms with Gasteiger partial charge >= 0.3 is 0 Å². The summed E-state index contributed by atoms with van der Waals surface area (Å²) in [5.74, 6) is 3.15. The van der Waals surface area contributed by atoms with Gasteiger partial charge in [0.1, 0.15) is 5.75 Å². The molecule has 2 rings (SSSR count). The van der Waals surface area contributed by atoms with Crippen LogP contribution in [0.25, 0.3) is 0 Å². The van der Waals surface area contributed by atoms with E-state index in [0.29, 0.717) is 11.3 Å². The first-order chi connectivity index (χ1) is 10.1. The van der Waals surface area contributed by atoms with Crippen LogP contribution in [-0.2, 0) is 14.1 Å². The van der Waals surface area contributed by atoms with Crippen LogP contribution in [0.3, 0.4) is 0 Å².